The molecule has 0 bridgehead atoms. The fourth-order valence-electron chi connectivity index (χ4n) is 3.37. The van der Waals surface area contributed by atoms with E-state index in [9.17, 15) is 5.26 Å². The first-order chi connectivity index (χ1) is 16.0. The van der Waals surface area contributed by atoms with Crippen LogP contribution in [0.2, 0.25) is 0 Å². The minimum atomic E-state index is 0.204. The maximum atomic E-state index is 9.65. The zero-order chi connectivity index (χ0) is 23.4. The van der Waals surface area contributed by atoms with Gasteiger partial charge in [-0.25, -0.2) is 9.36 Å². The molecule has 0 aliphatic rings. The van der Waals surface area contributed by atoms with Crippen molar-refractivity contribution in [2.24, 2.45) is 0 Å². The SMILES string of the molecule is Cc1nn(-c2ccccc2)c(CSc2nnc(COc3ccc(C(C)C)cc3)n2N)c1C#N. The number of aromatic nitrogens is 5. The predicted molar refractivity (Wildman–Crippen MR) is 128 cm³/mol. The van der Waals surface area contributed by atoms with Crippen LogP contribution < -0.4 is 10.6 Å². The van der Waals surface area contributed by atoms with Crippen LogP contribution in [0, 0.1) is 18.3 Å². The van der Waals surface area contributed by atoms with Crippen LogP contribution in [0.5, 0.6) is 5.75 Å². The number of benzene rings is 2. The molecule has 4 rings (SSSR count). The molecule has 0 saturated heterocycles. The van der Waals surface area contributed by atoms with Crippen LogP contribution >= 0.6 is 11.8 Å². The fourth-order valence-corrected chi connectivity index (χ4v) is 4.25. The van der Waals surface area contributed by atoms with E-state index in [1.165, 1.54) is 22.0 Å². The number of para-hydroxylation sites is 1. The Hall–Kier alpha value is -3.77. The molecule has 2 N–H and O–H groups in total. The standard InChI is InChI=1S/C24H25N7OS/c1-16(2)18-9-11-20(12-10-18)32-14-23-27-28-24(30(23)26)33-15-22-21(13-25)17(3)29-31(22)19-7-5-4-6-8-19/h4-12,16H,14-15,26H2,1-3H3. The van der Waals surface area contributed by atoms with Gasteiger partial charge in [-0.05, 0) is 42.7 Å². The van der Waals surface area contributed by atoms with Crippen LogP contribution in [-0.4, -0.2) is 24.7 Å². The van der Waals surface area contributed by atoms with Crippen molar-refractivity contribution in [1.29, 1.82) is 5.26 Å². The summed E-state index contributed by atoms with van der Waals surface area (Å²) >= 11 is 1.40. The van der Waals surface area contributed by atoms with Gasteiger partial charge in [-0.1, -0.05) is 55.9 Å². The van der Waals surface area contributed by atoms with E-state index in [-0.39, 0.29) is 6.61 Å². The molecule has 0 aliphatic carbocycles. The van der Waals surface area contributed by atoms with Crippen molar-refractivity contribution in [2.75, 3.05) is 5.84 Å². The third-order valence-electron chi connectivity index (χ3n) is 5.26. The van der Waals surface area contributed by atoms with Crippen LogP contribution in [-0.2, 0) is 12.4 Å². The Labute approximate surface area is 197 Å². The Morgan fingerprint density at radius 2 is 1.82 bits per heavy atom. The zero-order valence-corrected chi connectivity index (χ0v) is 19.6. The smallest absolute Gasteiger partial charge is 0.210 e. The lowest BCUT2D eigenvalue weighted by atomic mass is 10.0. The molecule has 0 amide bonds. The molecule has 9 heteroatoms. The lowest BCUT2D eigenvalue weighted by Crippen LogP contribution is -2.16. The zero-order valence-electron chi connectivity index (χ0n) is 18.8. The van der Waals surface area contributed by atoms with Crippen molar-refractivity contribution < 1.29 is 4.74 Å². The number of aryl methyl sites for hydroxylation is 1. The molecule has 0 spiro atoms. The van der Waals surface area contributed by atoms with Crippen LogP contribution in [0.4, 0.5) is 0 Å². The van der Waals surface area contributed by atoms with Crippen molar-refractivity contribution in [3.63, 3.8) is 0 Å². The van der Waals surface area contributed by atoms with Crippen LogP contribution in [0.15, 0.2) is 59.8 Å². The highest BCUT2D eigenvalue weighted by atomic mass is 32.2. The summed E-state index contributed by atoms with van der Waals surface area (Å²) in [4.78, 5) is 0. The Morgan fingerprint density at radius 3 is 2.48 bits per heavy atom. The van der Waals surface area contributed by atoms with Gasteiger partial charge >= 0.3 is 0 Å². The Morgan fingerprint density at radius 1 is 1.09 bits per heavy atom. The molecule has 0 aliphatic heterocycles. The van der Waals surface area contributed by atoms with E-state index < -0.39 is 0 Å². The first-order valence-corrected chi connectivity index (χ1v) is 11.6. The summed E-state index contributed by atoms with van der Waals surface area (Å²) in [6.07, 6.45) is 0. The maximum Gasteiger partial charge on any atom is 0.210 e. The maximum absolute atomic E-state index is 9.65. The lowest BCUT2D eigenvalue weighted by molar-refractivity contribution is 0.291. The molecular weight excluding hydrogens is 434 g/mol. The van der Waals surface area contributed by atoms with Gasteiger partial charge in [-0.2, -0.15) is 10.4 Å². The molecule has 4 aromatic rings. The molecule has 0 fully saturated rings. The summed E-state index contributed by atoms with van der Waals surface area (Å²) in [5.74, 6) is 8.41. The van der Waals surface area contributed by atoms with Crippen molar-refractivity contribution in [3.8, 4) is 17.5 Å². The highest BCUT2D eigenvalue weighted by molar-refractivity contribution is 7.98. The number of rotatable bonds is 8. The van der Waals surface area contributed by atoms with Gasteiger partial charge in [0.05, 0.1) is 22.6 Å². The molecule has 168 valence electrons. The van der Waals surface area contributed by atoms with Gasteiger partial charge in [0.1, 0.15) is 18.4 Å². The highest BCUT2D eigenvalue weighted by Crippen LogP contribution is 2.26. The van der Waals surface area contributed by atoms with Gasteiger partial charge in [0, 0.05) is 5.75 Å². The Kier molecular flexibility index (Phi) is 6.66. The van der Waals surface area contributed by atoms with E-state index in [0.29, 0.717) is 33.9 Å². The molecular formula is C24H25N7OS. The van der Waals surface area contributed by atoms with Gasteiger partial charge in [-0.3, -0.25) is 0 Å². The minimum Gasteiger partial charge on any atom is -0.486 e. The number of hydrogen-bond donors (Lipinski definition) is 1. The van der Waals surface area contributed by atoms with E-state index >= 15 is 0 Å². The van der Waals surface area contributed by atoms with Crippen molar-refractivity contribution in [3.05, 3.63) is 82.9 Å². The normalized spacial score (nSPS) is 11.0. The van der Waals surface area contributed by atoms with Gasteiger partial charge in [0.25, 0.3) is 0 Å². The second-order valence-corrected chi connectivity index (χ2v) is 8.78. The van der Waals surface area contributed by atoms with E-state index in [2.05, 4.69) is 47.3 Å². The van der Waals surface area contributed by atoms with Crippen LogP contribution in [0.25, 0.3) is 5.69 Å². The number of nitrogen functional groups attached to an aromatic ring is 1. The Balaban J connectivity index is 1.47. The van der Waals surface area contributed by atoms with Gasteiger partial charge in [0.15, 0.2) is 5.82 Å². The third-order valence-corrected chi connectivity index (χ3v) is 6.21. The third kappa shape index (κ3) is 4.86. The summed E-state index contributed by atoms with van der Waals surface area (Å²) in [7, 11) is 0. The average Bonchev–Trinajstić information content (AvgIpc) is 3.35. The molecule has 0 unspecified atom stereocenters. The number of nitrogens with zero attached hydrogens (tertiary/aromatic N) is 6. The summed E-state index contributed by atoms with van der Waals surface area (Å²) in [5, 5.41) is 23.1. The van der Waals surface area contributed by atoms with Crippen molar-refractivity contribution >= 4 is 11.8 Å². The molecule has 2 heterocycles. The number of thioether (sulfide) groups is 1. The predicted octanol–water partition coefficient (Wildman–Crippen LogP) is 4.35. The molecule has 0 radical (unpaired) electrons. The van der Waals surface area contributed by atoms with E-state index in [1.807, 2.05) is 49.4 Å². The summed E-state index contributed by atoms with van der Waals surface area (Å²) < 4.78 is 9.05. The summed E-state index contributed by atoms with van der Waals surface area (Å²) in [5.41, 5.74) is 4.18. The van der Waals surface area contributed by atoms with E-state index in [0.717, 1.165) is 17.1 Å². The van der Waals surface area contributed by atoms with Gasteiger partial charge in [0.2, 0.25) is 5.16 Å². The van der Waals surface area contributed by atoms with Crippen LogP contribution in [0.1, 0.15) is 48.1 Å². The average molecular weight is 460 g/mol. The van der Waals surface area contributed by atoms with Gasteiger partial charge in [-0.15, -0.1) is 10.2 Å². The number of nitrogens with two attached hydrogens (primary N) is 1. The van der Waals surface area contributed by atoms with Gasteiger partial charge < -0.3 is 10.6 Å². The van der Waals surface area contributed by atoms with Crippen molar-refractivity contribution in [2.45, 2.75) is 44.2 Å². The molecule has 0 saturated carbocycles. The second-order valence-electron chi connectivity index (χ2n) is 7.84. The van der Waals surface area contributed by atoms with Crippen molar-refractivity contribution in [1.82, 2.24) is 24.7 Å². The Bertz CT molecular complexity index is 1270. The molecule has 33 heavy (non-hydrogen) atoms. The molecule has 2 aromatic heterocycles. The number of nitriles is 1. The number of ether oxygens (including phenoxy) is 1. The topological polar surface area (TPSA) is 108 Å². The van der Waals surface area contributed by atoms with Crippen LogP contribution in [0.3, 0.4) is 0 Å². The molecule has 8 nitrogen and oxygen atoms in total. The largest absolute Gasteiger partial charge is 0.486 e. The van der Waals surface area contributed by atoms with E-state index in [1.54, 1.807) is 4.68 Å². The molecule has 2 aromatic carbocycles. The first-order valence-electron chi connectivity index (χ1n) is 10.6. The fraction of sp³-hybridized carbons (Fsp3) is 0.250. The highest BCUT2D eigenvalue weighted by Gasteiger charge is 2.19. The molecule has 0 atom stereocenters. The lowest BCUT2D eigenvalue weighted by Gasteiger charge is -2.09. The first kappa shape index (κ1) is 22.4. The van der Waals surface area contributed by atoms with E-state index in [4.69, 9.17) is 10.6 Å². The second kappa shape index (κ2) is 9.79. The number of hydrogen-bond acceptors (Lipinski definition) is 7. The monoisotopic (exact) mass is 459 g/mol. The summed E-state index contributed by atoms with van der Waals surface area (Å²) in [6, 6.07) is 20.0. The quantitative estimate of drug-likeness (QED) is 0.308. The minimum absolute atomic E-state index is 0.204. The summed E-state index contributed by atoms with van der Waals surface area (Å²) in [6.45, 7) is 6.34.